The van der Waals surface area contributed by atoms with Crippen LogP contribution in [0.15, 0.2) is 60.8 Å². The van der Waals surface area contributed by atoms with Crippen LogP contribution in [-0.4, -0.2) is 33.0 Å². The van der Waals surface area contributed by atoms with Crippen LogP contribution in [0.2, 0.25) is 10.0 Å². The maximum absolute atomic E-state index is 10.9. The molecule has 188 valence electrons. The number of benzene rings is 2. The first kappa shape index (κ1) is 24.5. The Hall–Kier alpha value is -4.15. The number of nitrogen functional groups attached to an aromatic ring is 1. The van der Waals surface area contributed by atoms with Gasteiger partial charge in [-0.25, -0.2) is 15.0 Å². The van der Waals surface area contributed by atoms with E-state index < -0.39 is 4.92 Å². The fraction of sp³-hybridized carbons (Fsp3) is 0.160. The highest BCUT2D eigenvalue weighted by Crippen LogP contribution is 2.38. The van der Waals surface area contributed by atoms with Gasteiger partial charge in [-0.3, -0.25) is 10.1 Å². The maximum atomic E-state index is 10.9. The van der Waals surface area contributed by atoms with E-state index in [0.717, 1.165) is 24.3 Å². The molecular formula is C25H22Cl2N8O2. The number of hydrogen-bond donors (Lipinski definition) is 3. The number of fused-ring (bicyclic) bond motifs is 1. The van der Waals surface area contributed by atoms with Gasteiger partial charge >= 0.3 is 5.69 Å². The fourth-order valence-electron chi connectivity index (χ4n) is 4.16. The second-order valence-electron chi connectivity index (χ2n) is 8.39. The second kappa shape index (κ2) is 10.5. The van der Waals surface area contributed by atoms with E-state index in [-0.39, 0.29) is 11.5 Å². The van der Waals surface area contributed by atoms with Gasteiger partial charge in [0.2, 0.25) is 11.8 Å². The van der Waals surface area contributed by atoms with Gasteiger partial charge in [-0.05, 0) is 35.4 Å². The highest BCUT2D eigenvalue weighted by atomic mass is 35.5. The molecule has 1 aliphatic heterocycles. The van der Waals surface area contributed by atoms with Gasteiger partial charge in [-0.2, -0.15) is 0 Å². The molecule has 0 radical (unpaired) electrons. The zero-order valence-electron chi connectivity index (χ0n) is 19.5. The van der Waals surface area contributed by atoms with Crippen LogP contribution in [0.25, 0.3) is 11.3 Å². The van der Waals surface area contributed by atoms with Gasteiger partial charge in [0, 0.05) is 42.8 Å². The van der Waals surface area contributed by atoms with Crippen molar-refractivity contribution in [2.45, 2.75) is 13.1 Å². The molecule has 2 aromatic heterocycles. The Morgan fingerprint density at radius 1 is 1.00 bits per heavy atom. The molecule has 0 bridgehead atoms. The third-order valence-electron chi connectivity index (χ3n) is 5.95. The highest BCUT2D eigenvalue weighted by Gasteiger charge is 2.24. The zero-order chi connectivity index (χ0) is 25.9. The number of nitrogens with zero attached hydrogens (tertiary/aromatic N) is 5. The monoisotopic (exact) mass is 536 g/mol. The lowest BCUT2D eigenvalue weighted by Gasteiger charge is -2.21. The number of hydrogen-bond acceptors (Lipinski definition) is 9. The molecule has 3 heterocycles. The number of nitrogens with two attached hydrogens (primary N) is 1. The molecule has 0 amide bonds. The molecule has 1 aliphatic rings. The lowest BCUT2D eigenvalue weighted by atomic mass is 10.1. The van der Waals surface area contributed by atoms with E-state index in [2.05, 4.69) is 37.6 Å². The van der Waals surface area contributed by atoms with Crippen LogP contribution in [0.4, 0.5) is 29.0 Å². The first-order chi connectivity index (χ1) is 17.9. The number of aromatic nitrogens is 3. The van der Waals surface area contributed by atoms with E-state index >= 15 is 0 Å². The SMILES string of the molecule is Nc1nc(NCCNc2ncc(N3Cc4ccccc4C3)c(-c3ccc(Cl)cc3Cl)n2)ccc1[N+](=O)[O-]. The lowest BCUT2D eigenvalue weighted by Crippen LogP contribution is -2.19. The van der Waals surface area contributed by atoms with Crippen molar-refractivity contribution in [1.82, 2.24) is 15.0 Å². The van der Waals surface area contributed by atoms with Crippen molar-refractivity contribution in [3.05, 3.63) is 92.1 Å². The van der Waals surface area contributed by atoms with Gasteiger partial charge in [-0.15, -0.1) is 0 Å². The number of pyridine rings is 1. The third kappa shape index (κ3) is 5.35. The number of nitro groups is 1. The molecule has 5 rings (SSSR count). The minimum absolute atomic E-state index is 0.143. The minimum atomic E-state index is -0.569. The Balaban J connectivity index is 1.33. The van der Waals surface area contributed by atoms with Crippen LogP contribution in [0, 0.1) is 10.1 Å². The molecule has 0 saturated heterocycles. The summed E-state index contributed by atoms with van der Waals surface area (Å²) < 4.78 is 0. The summed E-state index contributed by atoms with van der Waals surface area (Å²) in [5.41, 5.74) is 10.3. The minimum Gasteiger partial charge on any atom is -0.378 e. The number of nitrogens with one attached hydrogen (secondary N) is 2. The van der Waals surface area contributed by atoms with Gasteiger partial charge in [0.05, 0.1) is 21.8 Å². The molecule has 4 N–H and O–H groups in total. The van der Waals surface area contributed by atoms with E-state index in [1.165, 1.54) is 23.3 Å². The van der Waals surface area contributed by atoms with Crippen molar-refractivity contribution in [2.75, 3.05) is 34.4 Å². The molecule has 4 aromatic rings. The quantitative estimate of drug-likeness (QED) is 0.154. The predicted octanol–water partition coefficient (Wildman–Crippen LogP) is 5.38. The van der Waals surface area contributed by atoms with Crippen LogP contribution in [0.1, 0.15) is 11.1 Å². The van der Waals surface area contributed by atoms with Crippen molar-refractivity contribution in [1.29, 1.82) is 0 Å². The average molecular weight is 537 g/mol. The molecule has 10 nitrogen and oxygen atoms in total. The van der Waals surface area contributed by atoms with Gasteiger partial charge in [0.15, 0.2) is 0 Å². The van der Waals surface area contributed by atoms with Crippen molar-refractivity contribution < 1.29 is 4.92 Å². The Morgan fingerprint density at radius 2 is 1.73 bits per heavy atom. The van der Waals surface area contributed by atoms with E-state index in [1.807, 2.05) is 18.2 Å². The van der Waals surface area contributed by atoms with Crippen molar-refractivity contribution in [2.24, 2.45) is 0 Å². The molecule has 0 atom stereocenters. The Morgan fingerprint density at radius 3 is 2.41 bits per heavy atom. The normalized spacial score (nSPS) is 12.3. The number of halogens is 2. The van der Waals surface area contributed by atoms with Crippen molar-refractivity contribution in [3.63, 3.8) is 0 Å². The second-order valence-corrected chi connectivity index (χ2v) is 9.23. The molecule has 12 heteroatoms. The first-order valence-corrected chi connectivity index (χ1v) is 12.2. The molecule has 0 saturated carbocycles. The number of rotatable bonds is 8. The van der Waals surface area contributed by atoms with E-state index in [0.29, 0.717) is 40.6 Å². The molecule has 0 unspecified atom stereocenters. The van der Waals surface area contributed by atoms with E-state index in [1.54, 1.807) is 18.3 Å². The summed E-state index contributed by atoms with van der Waals surface area (Å²) >= 11 is 12.7. The van der Waals surface area contributed by atoms with Crippen molar-refractivity contribution >= 4 is 52.2 Å². The molecule has 2 aromatic carbocycles. The Kier molecular flexibility index (Phi) is 6.93. The fourth-order valence-corrected chi connectivity index (χ4v) is 4.66. The number of anilines is 4. The summed E-state index contributed by atoms with van der Waals surface area (Å²) in [4.78, 5) is 25.9. The topological polar surface area (TPSA) is 135 Å². The summed E-state index contributed by atoms with van der Waals surface area (Å²) in [6, 6.07) is 16.5. The molecule has 0 fully saturated rings. The van der Waals surface area contributed by atoms with Crippen LogP contribution in [-0.2, 0) is 13.1 Å². The molecule has 0 spiro atoms. The summed E-state index contributed by atoms with van der Waals surface area (Å²) in [6.07, 6.45) is 1.80. The van der Waals surface area contributed by atoms with Crippen LogP contribution < -0.4 is 21.3 Å². The Bertz CT molecular complexity index is 1460. The summed E-state index contributed by atoms with van der Waals surface area (Å²) in [5, 5.41) is 18.2. The van der Waals surface area contributed by atoms with Gasteiger partial charge in [0.25, 0.3) is 0 Å². The smallest absolute Gasteiger partial charge is 0.311 e. The van der Waals surface area contributed by atoms with Crippen LogP contribution in [0.5, 0.6) is 0 Å². The van der Waals surface area contributed by atoms with Crippen LogP contribution >= 0.6 is 23.2 Å². The highest BCUT2D eigenvalue weighted by molar-refractivity contribution is 6.36. The predicted molar refractivity (Wildman–Crippen MR) is 146 cm³/mol. The Labute approximate surface area is 222 Å². The average Bonchev–Trinajstić information content (AvgIpc) is 3.30. The zero-order valence-corrected chi connectivity index (χ0v) is 21.0. The van der Waals surface area contributed by atoms with E-state index in [9.17, 15) is 10.1 Å². The lowest BCUT2D eigenvalue weighted by molar-refractivity contribution is -0.384. The molecular weight excluding hydrogens is 515 g/mol. The van der Waals surface area contributed by atoms with Crippen molar-refractivity contribution in [3.8, 4) is 11.3 Å². The summed E-state index contributed by atoms with van der Waals surface area (Å²) in [7, 11) is 0. The standard InChI is InChI=1S/C25H22Cl2N8O2/c26-17-5-6-18(19(27)11-17)23-21(34-13-15-3-1-2-4-16(15)14-34)12-31-25(33-23)30-10-9-29-22-8-7-20(35(36)37)24(28)32-22/h1-8,11-12H,9-10,13-14H2,(H3,28,29,32)(H,30,31,33). The summed E-state index contributed by atoms with van der Waals surface area (Å²) in [5.74, 6) is 0.721. The molecule has 0 aliphatic carbocycles. The third-order valence-corrected chi connectivity index (χ3v) is 6.50. The maximum Gasteiger partial charge on any atom is 0.311 e. The molecule has 37 heavy (non-hydrogen) atoms. The first-order valence-electron chi connectivity index (χ1n) is 11.4. The van der Waals surface area contributed by atoms with Gasteiger partial charge in [0.1, 0.15) is 11.5 Å². The summed E-state index contributed by atoms with van der Waals surface area (Å²) in [6.45, 7) is 2.41. The largest absolute Gasteiger partial charge is 0.378 e. The van der Waals surface area contributed by atoms with E-state index in [4.69, 9.17) is 33.9 Å². The van der Waals surface area contributed by atoms with Crippen LogP contribution in [0.3, 0.4) is 0 Å². The van der Waals surface area contributed by atoms with Gasteiger partial charge in [-0.1, -0.05) is 47.5 Å². The van der Waals surface area contributed by atoms with Gasteiger partial charge < -0.3 is 21.3 Å².